The molecular weight excluding hydrogens is 212 g/mol. The highest BCUT2D eigenvalue weighted by Crippen LogP contribution is 2.28. The molecule has 0 rings (SSSR count). The van der Waals surface area contributed by atoms with Gasteiger partial charge in [-0.25, -0.2) is 0 Å². The van der Waals surface area contributed by atoms with Gasteiger partial charge in [0.05, 0.1) is 12.5 Å². The largest absolute Gasteiger partial charge is 0.339 e. The molecule has 1 amide bonds. The van der Waals surface area contributed by atoms with E-state index in [1.807, 2.05) is 18.7 Å². The molecule has 0 spiro atoms. The first kappa shape index (κ1) is 16.0. The van der Waals surface area contributed by atoms with Gasteiger partial charge in [0.1, 0.15) is 0 Å². The summed E-state index contributed by atoms with van der Waals surface area (Å²) in [6.07, 6.45) is 0.973. The third kappa shape index (κ3) is 5.72. The van der Waals surface area contributed by atoms with E-state index in [9.17, 15) is 4.79 Å². The summed E-state index contributed by atoms with van der Waals surface area (Å²) >= 11 is 0. The molecule has 0 bridgehead atoms. The summed E-state index contributed by atoms with van der Waals surface area (Å²) in [5, 5.41) is 8.60. The number of rotatable bonds is 5. The van der Waals surface area contributed by atoms with Gasteiger partial charge >= 0.3 is 0 Å². The minimum absolute atomic E-state index is 0.146. The van der Waals surface area contributed by atoms with Gasteiger partial charge in [-0.2, -0.15) is 5.26 Å². The Morgan fingerprint density at radius 1 is 1.29 bits per heavy atom. The van der Waals surface area contributed by atoms with E-state index in [0.29, 0.717) is 25.3 Å². The fraction of sp³-hybridized carbons (Fsp3) is 0.857. The highest BCUT2D eigenvalue weighted by molar-refractivity contribution is 5.76. The van der Waals surface area contributed by atoms with Crippen molar-refractivity contribution in [3.8, 4) is 6.07 Å². The van der Waals surface area contributed by atoms with Crippen LogP contribution in [0, 0.1) is 22.7 Å². The Bertz CT molecular complexity index is 284. The number of carbonyl (C=O) groups is 1. The number of nitriles is 1. The quantitative estimate of drug-likeness (QED) is 0.738. The first-order valence-electron chi connectivity index (χ1n) is 6.36. The first-order valence-corrected chi connectivity index (χ1v) is 6.36. The molecule has 3 nitrogen and oxygen atoms in total. The van der Waals surface area contributed by atoms with Crippen molar-refractivity contribution in [2.45, 2.75) is 60.4 Å². The zero-order valence-electron chi connectivity index (χ0n) is 12.1. The van der Waals surface area contributed by atoms with E-state index in [0.717, 1.165) is 0 Å². The van der Waals surface area contributed by atoms with Crippen molar-refractivity contribution in [2.75, 3.05) is 6.54 Å². The van der Waals surface area contributed by atoms with Crippen LogP contribution in [-0.2, 0) is 4.79 Å². The van der Waals surface area contributed by atoms with E-state index >= 15 is 0 Å². The molecule has 0 N–H and O–H groups in total. The Morgan fingerprint density at radius 2 is 1.82 bits per heavy atom. The molecule has 0 aromatic rings. The van der Waals surface area contributed by atoms with Gasteiger partial charge in [-0.3, -0.25) is 4.79 Å². The number of hydrogen-bond donors (Lipinski definition) is 0. The maximum Gasteiger partial charge on any atom is 0.223 e. The average Bonchev–Trinajstić information content (AvgIpc) is 2.16. The maximum atomic E-state index is 12.2. The summed E-state index contributed by atoms with van der Waals surface area (Å²) in [4.78, 5) is 14.0. The molecule has 0 aliphatic heterocycles. The second-order valence-corrected chi connectivity index (χ2v) is 6.06. The van der Waals surface area contributed by atoms with Crippen LogP contribution in [0.25, 0.3) is 0 Å². The lowest BCUT2D eigenvalue weighted by atomic mass is 9.80. The molecule has 1 atom stereocenters. The van der Waals surface area contributed by atoms with Crippen molar-refractivity contribution in [1.29, 1.82) is 5.26 Å². The Balaban J connectivity index is 4.49. The van der Waals surface area contributed by atoms with Crippen LogP contribution in [-0.4, -0.2) is 23.4 Å². The topological polar surface area (TPSA) is 44.1 Å². The minimum Gasteiger partial charge on any atom is -0.339 e. The van der Waals surface area contributed by atoms with Crippen molar-refractivity contribution >= 4 is 5.91 Å². The SMILES string of the molecule is CC(C)N(CCC#N)C(=O)CC(C)C(C)(C)C. The molecule has 17 heavy (non-hydrogen) atoms. The molecule has 0 radical (unpaired) electrons. The summed E-state index contributed by atoms with van der Waals surface area (Å²) in [6, 6.07) is 2.27. The fourth-order valence-corrected chi connectivity index (χ4v) is 1.53. The average molecular weight is 238 g/mol. The minimum atomic E-state index is 0.146. The zero-order chi connectivity index (χ0) is 13.6. The highest BCUT2D eigenvalue weighted by atomic mass is 16.2. The van der Waals surface area contributed by atoms with Gasteiger partial charge in [-0.05, 0) is 25.2 Å². The van der Waals surface area contributed by atoms with Gasteiger partial charge in [0.15, 0.2) is 0 Å². The van der Waals surface area contributed by atoms with Gasteiger partial charge < -0.3 is 4.90 Å². The normalized spacial score (nSPS) is 13.3. The Hall–Kier alpha value is -1.04. The van der Waals surface area contributed by atoms with Crippen LogP contribution in [0.1, 0.15) is 54.4 Å². The Kier molecular flexibility index (Phi) is 6.23. The monoisotopic (exact) mass is 238 g/mol. The summed E-state index contributed by atoms with van der Waals surface area (Å²) in [5.41, 5.74) is 0.146. The summed E-state index contributed by atoms with van der Waals surface area (Å²) < 4.78 is 0. The summed E-state index contributed by atoms with van der Waals surface area (Å²) in [5.74, 6) is 0.510. The van der Waals surface area contributed by atoms with Crippen molar-refractivity contribution in [3.63, 3.8) is 0 Å². The van der Waals surface area contributed by atoms with E-state index in [1.165, 1.54) is 0 Å². The van der Waals surface area contributed by atoms with Gasteiger partial charge in [-0.1, -0.05) is 27.7 Å². The second-order valence-electron chi connectivity index (χ2n) is 6.06. The molecule has 98 valence electrons. The van der Waals surface area contributed by atoms with Crippen LogP contribution in [0.2, 0.25) is 0 Å². The van der Waals surface area contributed by atoms with Gasteiger partial charge in [0.25, 0.3) is 0 Å². The van der Waals surface area contributed by atoms with Gasteiger partial charge in [0, 0.05) is 19.0 Å². The van der Waals surface area contributed by atoms with E-state index in [4.69, 9.17) is 5.26 Å². The number of carbonyl (C=O) groups excluding carboxylic acids is 1. The van der Waals surface area contributed by atoms with Crippen LogP contribution >= 0.6 is 0 Å². The molecule has 0 aliphatic carbocycles. The zero-order valence-corrected chi connectivity index (χ0v) is 12.1. The molecular formula is C14H26N2O. The predicted octanol–water partition coefficient (Wildman–Crippen LogP) is 3.21. The van der Waals surface area contributed by atoms with Crippen molar-refractivity contribution < 1.29 is 4.79 Å². The van der Waals surface area contributed by atoms with Crippen LogP contribution in [0.15, 0.2) is 0 Å². The Labute approximate surface area is 106 Å². The van der Waals surface area contributed by atoms with E-state index in [-0.39, 0.29) is 17.4 Å². The van der Waals surface area contributed by atoms with Gasteiger partial charge in [0.2, 0.25) is 5.91 Å². The summed E-state index contributed by atoms with van der Waals surface area (Å²) in [7, 11) is 0. The van der Waals surface area contributed by atoms with Crippen LogP contribution < -0.4 is 0 Å². The standard InChI is InChI=1S/C14H26N2O/c1-11(2)16(9-7-8-15)13(17)10-12(3)14(4,5)6/h11-12H,7,9-10H2,1-6H3. The predicted molar refractivity (Wildman–Crippen MR) is 70.3 cm³/mol. The molecule has 1 unspecified atom stereocenters. The lowest BCUT2D eigenvalue weighted by molar-refractivity contribution is -0.134. The summed E-state index contributed by atoms with van der Waals surface area (Å²) in [6.45, 7) is 13.1. The van der Waals surface area contributed by atoms with Crippen LogP contribution in [0.5, 0.6) is 0 Å². The number of hydrogen-bond acceptors (Lipinski definition) is 2. The number of nitrogens with zero attached hydrogens (tertiary/aromatic N) is 2. The lowest BCUT2D eigenvalue weighted by Gasteiger charge is -2.31. The van der Waals surface area contributed by atoms with Crippen LogP contribution in [0.4, 0.5) is 0 Å². The van der Waals surface area contributed by atoms with Crippen LogP contribution in [0.3, 0.4) is 0 Å². The third-order valence-electron chi connectivity index (χ3n) is 3.37. The second kappa shape index (κ2) is 6.64. The molecule has 0 aromatic heterocycles. The Morgan fingerprint density at radius 3 is 2.18 bits per heavy atom. The maximum absolute atomic E-state index is 12.2. The molecule has 0 fully saturated rings. The highest BCUT2D eigenvalue weighted by Gasteiger charge is 2.25. The molecule has 0 aliphatic rings. The third-order valence-corrected chi connectivity index (χ3v) is 3.37. The number of amides is 1. The van der Waals surface area contributed by atoms with Crippen molar-refractivity contribution in [1.82, 2.24) is 4.90 Å². The smallest absolute Gasteiger partial charge is 0.223 e. The molecule has 0 saturated carbocycles. The van der Waals surface area contributed by atoms with E-state index in [1.54, 1.807) is 0 Å². The molecule has 3 heteroatoms. The first-order chi connectivity index (χ1) is 7.70. The van der Waals surface area contributed by atoms with E-state index < -0.39 is 0 Å². The molecule has 0 heterocycles. The van der Waals surface area contributed by atoms with Crippen molar-refractivity contribution in [3.05, 3.63) is 0 Å². The lowest BCUT2D eigenvalue weighted by Crippen LogP contribution is -2.39. The van der Waals surface area contributed by atoms with E-state index in [2.05, 4.69) is 33.8 Å². The molecule has 0 saturated heterocycles. The van der Waals surface area contributed by atoms with Gasteiger partial charge in [-0.15, -0.1) is 0 Å². The molecule has 0 aromatic carbocycles. The van der Waals surface area contributed by atoms with Crippen molar-refractivity contribution in [2.24, 2.45) is 11.3 Å². The fourth-order valence-electron chi connectivity index (χ4n) is 1.53.